The third-order valence-corrected chi connectivity index (χ3v) is 6.88. The van der Waals surface area contributed by atoms with Gasteiger partial charge in [-0.3, -0.25) is 14.5 Å². The van der Waals surface area contributed by atoms with E-state index in [1.165, 1.54) is 12.1 Å². The third-order valence-electron chi connectivity index (χ3n) is 6.88. The van der Waals surface area contributed by atoms with Gasteiger partial charge >= 0.3 is 0 Å². The van der Waals surface area contributed by atoms with Gasteiger partial charge in [-0.2, -0.15) is 0 Å². The number of aromatic nitrogens is 1. The summed E-state index contributed by atoms with van der Waals surface area (Å²) in [4.78, 5) is 30.7. The van der Waals surface area contributed by atoms with Crippen LogP contribution in [-0.2, 0) is 17.9 Å². The molecule has 6 heteroatoms. The normalized spacial score (nSPS) is 16.6. The number of hydrogen-bond acceptors (Lipinski definition) is 3. The molecular formula is C28H34FN3O2. The van der Waals surface area contributed by atoms with Crippen molar-refractivity contribution in [2.75, 3.05) is 26.2 Å². The minimum absolute atomic E-state index is 0.0223. The Hall–Kier alpha value is -2.99. The molecule has 1 atom stereocenters. The van der Waals surface area contributed by atoms with E-state index in [2.05, 4.69) is 11.0 Å². The van der Waals surface area contributed by atoms with Crippen molar-refractivity contribution in [2.24, 2.45) is 5.92 Å². The molecule has 0 aliphatic carbocycles. The van der Waals surface area contributed by atoms with Crippen molar-refractivity contribution >= 4 is 16.8 Å². The summed E-state index contributed by atoms with van der Waals surface area (Å²) in [5, 5.41) is 0.999. The number of halogens is 1. The molecule has 2 heterocycles. The van der Waals surface area contributed by atoms with Crippen LogP contribution in [0.5, 0.6) is 0 Å². The summed E-state index contributed by atoms with van der Waals surface area (Å²) in [6.45, 7) is 9.87. The highest BCUT2D eigenvalue weighted by atomic mass is 19.1. The highest BCUT2D eigenvalue weighted by Crippen LogP contribution is 2.22. The largest absolute Gasteiger partial charge is 0.343 e. The molecule has 0 radical (unpaired) electrons. The number of hydrogen-bond donors (Lipinski definition) is 0. The van der Waals surface area contributed by atoms with Crippen molar-refractivity contribution in [3.8, 4) is 0 Å². The number of nitrogens with zero attached hydrogens (tertiary/aromatic N) is 3. The molecule has 3 aromatic rings. The molecule has 0 saturated carbocycles. The number of pyridine rings is 1. The Morgan fingerprint density at radius 3 is 2.62 bits per heavy atom. The first-order valence-electron chi connectivity index (χ1n) is 12.3. The second-order valence-electron chi connectivity index (χ2n) is 9.34. The van der Waals surface area contributed by atoms with E-state index in [1.807, 2.05) is 49.9 Å². The van der Waals surface area contributed by atoms with Crippen molar-refractivity contribution in [1.29, 1.82) is 0 Å². The average molecular weight is 464 g/mol. The van der Waals surface area contributed by atoms with Gasteiger partial charge in [0.25, 0.3) is 5.56 Å². The topological polar surface area (TPSA) is 45.6 Å². The summed E-state index contributed by atoms with van der Waals surface area (Å²) in [7, 11) is 0. The third kappa shape index (κ3) is 5.22. The lowest BCUT2D eigenvalue weighted by molar-refractivity contribution is -0.137. The van der Waals surface area contributed by atoms with Gasteiger partial charge in [0.1, 0.15) is 5.82 Å². The van der Waals surface area contributed by atoms with Gasteiger partial charge in [0.2, 0.25) is 5.91 Å². The van der Waals surface area contributed by atoms with Gasteiger partial charge in [-0.15, -0.1) is 0 Å². The van der Waals surface area contributed by atoms with Gasteiger partial charge < -0.3 is 9.47 Å². The van der Waals surface area contributed by atoms with Crippen LogP contribution in [0.2, 0.25) is 0 Å². The smallest absolute Gasteiger partial charge is 0.255 e. The summed E-state index contributed by atoms with van der Waals surface area (Å²) in [6, 6.07) is 14.4. The molecule has 0 N–H and O–H groups in total. The zero-order chi connectivity index (χ0) is 24.2. The molecular weight excluding hydrogens is 429 g/mol. The summed E-state index contributed by atoms with van der Waals surface area (Å²) in [5.41, 5.74) is 3.38. The zero-order valence-electron chi connectivity index (χ0n) is 20.4. The van der Waals surface area contributed by atoms with Crippen molar-refractivity contribution in [3.63, 3.8) is 0 Å². The molecule has 1 unspecified atom stereocenters. The lowest BCUT2D eigenvalue weighted by Gasteiger charge is -2.34. The number of fused-ring (bicyclic) bond motifs is 1. The number of likely N-dealkylation sites (tertiary alicyclic amines) is 1. The number of aryl methyl sites for hydroxylation is 1. The highest BCUT2D eigenvalue weighted by Gasteiger charge is 2.28. The van der Waals surface area contributed by atoms with Crippen LogP contribution < -0.4 is 5.56 Å². The number of carbonyl (C=O) groups excluding carboxylic acids is 1. The molecule has 180 valence electrons. The highest BCUT2D eigenvalue weighted by molar-refractivity contribution is 5.81. The Bertz CT molecular complexity index is 1230. The molecule has 1 amide bonds. The molecule has 4 rings (SSSR count). The predicted molar refractivity (Wildman–Crippen MR) is 134 cm³/mol. The predicted octanol–water partition coefficient (Wildman–Crippen LogP) is 4.58. The van der Waals surface area contributed by atoms with Gasteiger partial charge in [0, 0.05) is 31.7 Å². The van der Waals surface area contributed by atoms with E-state index in [0.29, 0.717) is 25.2 Å². The van der Waals surface area contributed by atoms with Crippen molar-refractivity contribution in [1.82, 2.24) is 14.4 Å². The maximum atomic E-state index is 13.8. The van der Waals surface area contributed by atoms with Crippen LogP contribution in [0.25, 0.3) is 10.9 Å². The van der Waals surface area contributed by atoms with Crippen LogP contribution in [0.3, 0.4) is 0 Å². The second-order valence-corrected chi connectivity index (χ2v) is 9.34. The van der Waals surface area contributed by atoms with Crippen molar-refractivity contribution < 1.29 is 9.18 Å². The number of carbonyl (C=O) groups is 1. The standard InChI is InChI=1S/C28H34FN3O2/c1-4-31(5-2)27(33)22-9-7-13-30(18-22)19-24-16-23-14-20(3)11-12-26(23)32(28(24)34)17-21-8-6-10-25(29)15-21/h6,8,10-12,14-16,22H,4-5,7,9,13,17-19H2,1-3H3. The van der Waals surface area contributed by atoms with Crippen LogP contribution in [-0.4, -0.2) is 46.5 Å². The molecule has 1 aliphatic rings. The molecule has 2 aromatic carbocycles. The summed E-state index contributed by atoms with van der Waals surface area (Å²) in [5.74, 6) is -0.114. The number of amides is 1. The maximum Gasteiger partial charge on any atom is 0.255 e. The van der Waals surface area contributed by atoms with Crippen molar-refractivity contribution in [2.45, 2.75) is 46.7 Å². The molecule has 0 spiro atoms. The monoisotopic (exact) mass is 463 g/mol. The lowest BCUT2D eigenvalue weighted by Crippen LogP contribution is -2.45. The first-order chi connectivity index (χ1) is 16.4. The zero-order valence-corrected chi connectivity index (χ0v) is 20.4. The second kappa shape index (κ2) is 10.5. The SMILES string of the molecule is CCN(CC)C(=O)C1CCCN(Cc2cc3cc(C)ccc3n(Cc3cccc(F)c3)c2=O)C1. The Morgan fingerprint density at radius 2 is 1.88 bits per heavy atom. The Labute approximate surface area is 200 Å². The van der Waals surface area contributed by atoms with E-state index in [9.17, 15) is 14.0 Å². The first-order valence-corrected chi connectivity index (χ1v) is 12.3. The van der Waals surface area contributed by atoms with Crippen LogP contribution in [0, 0.1) is 18.7 Å². The average Bonchev–Trinajstić information content (AvgIpc) is 2.82. The van der Waals surface area contributed by atoms with Gasteiger partial charge in [-0.1, -0.05) is 23.8 Å². The van der Waals surface area contributed by atoms with Crippen molar-refractivity contribution in [3.05, 3.63) is 81.4 Å². The van der Waals surface area contributed by atoms with E-state index in [1.54, 1.807) is 10.6 Å². The summed E-state index contributed by atoms with van der Waals surface area (Å²) < 4.78 is 15.6. The van der Waals surface area contributed by atoms with Gasteiger partial charge in [-0.05, 0) is 81.4 Å². The van der Waals surface area contributed by atoms with E-state index < -0.39 is 0 Å². The van der Waals surface area contributed by atoms with Crippen LogP contribution >= 0.6 is 0 Å². The Morgan fingerprint density at radius 1 is 1.09 bits per heavy atom. The molecule has 1 aliphatic heterocycles. The number of rotatable bonds is 7. The van der Waals surface area contributed by atoms with Gasteiger partial charge in [0.15, 0.2) is 0 Å². The van der Waals surface area contributed by atoms with E-state index >= 15 is 0 Å². The fourth-order valence-corrected chi connectivity index (χ4v) is 5.09. The molecule has 34 heavy (non-hydrogen) atoms. The quantitative estimate of drug-likeness (QED) is 0.515. The maximum absolute atomic E-state index is 13.8. The van der Waals surface area contributed by atoms with E-state index in [0.717, 1.165) is 54.5 Å². The molecule has 5 nitrogen and oxygen atoms in total. The van der Waals surface area contributed by atoms with Gasteiger partial charge in [-0.25, -0.2) is 4.39 Å². The molecule has 1 saturated heterocycles. The van der Waals surface area contributed by atoms with E-state index in [-0.39, 0.29) is 23.2 Å². The van der Waals surface area contributed by atoms with Gasteiger partial charge in [0.05, 0.1) is 18.0 Å². The lowest BCUT2D eigenvalue weighted by atomic mass is 9.96. The van der Waals surface area contributed by atoms with Crippen LogP contribution in [0.1, 0.15) is 43.4 Å². The van der Waals surface area contributed by atoms with E-state index in [4.69, 9.17) is 0 Å². The summed E-state index contributed by atoms with van der Waals surface area (Å²) >= 11 is 0. The fourth-order valence-electron chi connectivity index (χ4n) is 5.09. The summed E-state index contributed by atoms with van der Waals surface area (Å²) in [6.07, 6.45) is 1.84. The number of piperidine rings is 1. The Balaban J connectivity index is 1.65. The van der Waals surface area contributed by atoms with Crippen LogP contribution in [0.4, 0.5) is 4.39 Å². The molecule has 1 aromatic heterocycles. The molecule has 1 fully saturated rings. The first kappa shape index (κ1) is 24.1. The minimum Gasteiger partial charge on any atom is -0.343 e. The molecule has 0 bridgehead atoms. The fraction of sp³-hybridized carbons (Fsp3) is 0.429. The minimum atomic E-state index is -0.306. The van der Waals surface area contributed by atoms with Crippen LogP contribution in [0.15, 0.2) is 53.3 Å². The number of benzene rings is 2. The Kier molecular flexibility index (Phi) is 7.47.